The Morgan fingerprint density at radius 3 is 2.33 bits per heavy atom. The number of para-hydroxylation sites is 1. The number of hydrogen-bond donors (Lipinski definition) is 5. The molecule has 0 saturated heterocycles. The molecule has 4 unspecified atom stereocenters. The molecule has 0 aromatic heterocycles. The van der Waals surface area contributed by atoms with E-state index in [4.69, 9.17) is 10.5 Å². The Hall–Kier alpha value is -4.84. The minimum absolute atomic E-state index is 0.0154. The average Bonchev–Trinajstić information content (AvgIpc) is 2.92. The minimum Gasteiger partial charge on any atom is -0.511 e. The van der Waals surface area contributed by atoms with Crippen molar-refractivity contribution < 1.29 is 39.2 Å². The first-order valence-electron chi connectivity index (χ1n) is 13.8. The number of benzene rings is 2. The van der Waals surface area contributed by atoms with E-state index in [0.29, 0.717) is 17.0 Å². The van der Waals surface area contributed by atoms with Gasteiger partial charge in [-0.25, -0.2) is 4.79 Å². The lowest BCUT2D eigenvalue weighted by atomic mass is 9.60. The summed E-state index contributed by atoms with van der Waals surface area (Å²) in [5.41, 5.74) is 6.24. The number of ketones is 2. The fraction of sp³-hybridized carbons (Fsp3) is 0.355. The van der Waals surface area contributed by atoms with Gasteiger partial charge in [-0.1, -0.05) is 18.2 Å². The van der Waals surface area contributed by atoms with Crippen LogP contribution < -0.4 is 20.7 Å². The average molecular weight is 591 g/mol. The van der Waals surface area contributed by atoms with Crippen molar-refractivity contribution in [1.82, 2.24) is 10.2 Å². The molecular formula is C31H34N4O8. The molecule has 43 heavy (non-hydrogen) atoms. The maximum atomic E-state index is 14.1. The molecule has 2 aromatic carbocycles. The first-order valence-corrected chi connectivity index (χ1v) is 13.8. The number of nitrogens with two attached hydrogens (primary N) is 1. The number of Topliss-reactive ketones (excluding diaryl/α,β-unsaturated/α-hetero) is 2. The Balaban J connectivity index is 1.54. The Bertz CT molecular complexity index is 1590. The number of likely N-dealkylation sites (N-methyl/N-ethyl adjacent to an activating group) is 1. The third-order valence-corrected chi connectivity index (χ3v) is 8.48. The monoisotopic (exact) mass is 590 g/mol. The molecule has 4 atom stereocenters. The van der Waals surface area contributed by atoms with Gasteiger partial charge >= 0.3 is 6.09 Å². The molecule has 2 aromatic rings. The van der Waals surface area contributed by atoms with Crippen LogP contribution in [0.5, 0.6) is 11.5 Å². The van der Waals surface area contributed by atoms with E-state index in [9.17, 15) is 34.5 Å². The number of phenolic OH excluding ortho intramolecular Hbond substituents is 1. The summed E-state index contributed by atoms with van der Waals surface area (Å²) in [6.07, 6.45) is -0.245. The van der Waals surface area contributed by atoms with Crippen molar-refractivity contribution in [1.29, 1.82) is 0 Å². The van der Waals surface area contributed by atoms with E-state index in [2.05, 4.69) is 5.32 Å². The summed E-state index contributed by atoms with van der Waals surface area (Å²) < 4.78 is 5.25. The Kier molecular flexibility index (Phi) is 7.65. The lowest BCUT2D eigenvalue weighted by Crippen LogP contribution is -2.53. The number of carbonyl (C=O) groups excluding carboxylic acids is 4. The van der Waals surface area contributed by atoms with Crippen LogP contribution >= 0.6 is 0 Å². The van der Waals surface area contributed by atoms with Gasteiger partial charge in [0.05, 0.1) is 17.5 Å². The highest BCUT2D eigenvalue weighted by atomic mass is 16.6. The number of phenols is 1. The number of nitrogens with one attached hydrogen (secondary N) is 1. The molecule has 5 rings (SSSR count). The number of carbonyl (C=O) groups is 4. The fourth-order valence-electron chi connectivity index (χ4n) is 6.70. The van der Waals surface area contributed by atoms with E-state index in [1.54, 1.807) is 74.4 Å². The second kappa shape index (κ2) is 11.1. The molecule has 3 aliphatic carbocycles. The molecule has 0 saturated carbocycles. The largest absolute Gasteiger partial charge is 0.511 e. The lowest BCUT2D eigenvalue weighted by molar-refractivity contribution is -0.127. The Morgan fingerprint density at radius 1 is 1.05 bits per heavy atom. The summed E-state index contributed by atoms with van der Waals surface area (Å²) in [5, 5.41) is 36.3. The number of aliphatic hydroxyl groups is 2. The zero-order chi connectivity index (χ0) is 31.3. The predicted octanol–water partition coefficient (Wildman–Crippen LogP) is 2.36. The fourth-order valence-corrected chi connectivity index (χ4v) is 6.70. The summed E-state index contributed by atoms with van der Waals surface area (Å²) in [6, 6.07) is 9.33. The zero-order valence-electron chi connectivity index (χ0n) is 24.2. The quantitative estimate of drug-likeness (QED) is 0.313. The number of hydrogen-bond acceptors (Lipinski definition) is 10. The number of primary amides is 1. The zero-order valence-corrected chi connectivity index (χ0v) is 24.2. The van der Waals surface area contributed by atoms with Crippen LogP contribution in [-0.4, -0.2) is 78.0 Å². The molecule has 0 fully saturated rings. The Morgan fingerprint density at radius 2 is 1.72 bits per heavy atom. The predicted molar refractivity (Wildman–Crippen MR) is 156 cm³/mol. The van der Waals surface area contributed by atoms with Crippen molar-refractivity contribution in [3.63, 3.8) is 0 Å². The van der Waals surface area contributed by atoms with Gasteiger partial charge in [0.25, 0.3) is 5.91 Å². The maximum Gasteiger partial charge on any atom is 0.412 e. The van der Waals surface area contributed by atoms with Gasteiger partial charge in [-0.3, -0.25) is 19.3 Å². The number of ether oxygens (including phenoxy) is 1. The third kappa shape index (κ3) is 4.97. The summed E-state index contributed by atoms with van der Waals surface area (Å²) in [4.78, 5) is 55.5. The highest BCUT2D eigenvalue weighted by Crippen LogP contribution is 2.51. The van der Waals surface area contributed by atoms with Gasteiger partial charge in [-0.15, -0.1) is 0 Å². The van der Waals surface area contributed by atoms with E-state index in [1.807, 2.05) is 0 Å². The molecule has 226 valence electrons. The number of nitrogens with zero attached hydrogens (tertiary/aromatic N) is 2. The number of anilines is 1. The van der Waals surface area contributed by atoms with Gasteiger partial charge in [0.1, 0.15) is 28.6 Å². The summed E-state index contributed by atoms with van der Waals surface area (Å²) in [5.74, 6) is -6.00. The molecule has 0 spiro atoms. The van der Waals surface area contributed by atoms with Crippen LogP contribution in [0.1, 0.15) is 27.9 Å². The molecule has 12 heteroatoms. The summed E-state index contributed by atoms with van der Waals surface area (Å²) >= 11 is 0. The van der Waals surface area contributed by atoms with Gasteiger partial charge in [-0.05, 0) is 62.5 Å². The van der Waals surface area contributed by atoms with Crippen molar-refractivity contribution in [3.05, 3.63) is 75.8 Å². The van der Waals surface area contributed by atoms with Gasteiger partial charge in [0, 0.05) is 37.5 Å². The van der Waals surface area contributed by atoms with Crippen LogP contribution in [0.4, 0.5) is 10.5 Å². The third-order valence-electron chi connectivity index (χ3n) is 8.48. The normalized spacial score (nSPS) is 23.0. The number of fused-ring (bicyclic) bond motifs is 3. The second-order valence-electron chi connectivity index (χ2n) is 11.5. The molecule has 0 radical (unpaired) electrons. The molecule has 0 heterocycles. The van der Waals surface area contributed by atoms with Crippen LogP contribution in [-0.2, 0) is 22.6 Å². The summed E-state index contributed by atoms with van der Waals surface area (Å²) in [6.45, 7) is -0.160. The van der Waals surface area contributed by atoms with E-state index in [-0.39, 0.29) is 41.8 Å². The van der Waals surface area contributed by atoms with Gasteiger partial charge in [-0.2, -0.15) is 0 Å². The van der Waals surface area contributed by atoms with Crippen LogP contribution in [0.25, 0.3) is 0 Å². The Labute approximate surface area is 248 Å². The van der Waals surface area contributed by atoms with Crippen LogP contribution in [0.15, 0.2) is 59.1 Å². The van der Waals surface area contributed by atoms with Gasteiger partial charge in [0.2, 0.25) is 0 Å². The lowest BCUT2D eigenvalue weighted by Gasteiger charge is -2.46. The molecule has 0 aliphatic heterocycles. The first-order chi connectivity index (χ1) is 20.3. The van der Waals surface area contributed by atoms with Gasteiger partial charge < -0.3 is 36.0 Å². The molecule has 3 aliphatic rings. The van der Waals surface area contributed by atoms with Crippen molar-refractivity contribution in [2.75, 3.05) is 33.1 Å². The van der Waals surface area contributed by atoms with Crippen LogP contribution in [0, 0.1) is 17.8 Å². The smallest absolute Gasteiger partial charge is 0.412 e. The van der Waals surface area contributed by atoms with Crippen molar-refractivity contribution in [2.45, 2.75) is 25.4 Å². The van der Waals surface area contributed by atoms with E-state index in [0.717, 1.165) is 0 Å². The second-order valence-corrected chi connectivity index (χ2v) is 11.5. The van der Waals surface area contributed by atoms with Gasteiger partial charge in [0.15, 0.2) is 11.6 Å². The van der Waals surface area contributed by atoms with E-state index >= 15 is 0 Å². The number of rotatable bonds is 6. The first kappa shape index (κ1) is 29.6. The van der Waals surface area contributed by atoms with E-state index in [1.165, 1.54) is 0 Å². The molecule has 2 amide bonds. The number of aliphatic hydroxyl groups excluding tert-OH is 2. The minimum atomic E-state index is -1.27. The van der Waals surface area contributed by atoms with Crippen molar-refractivity contribution >= 4 is 29.3 Å². The molecular weight excluding hydrogens is 556 g/mol. The molecule has 12 nitrogen and oxygen atoms in total. The van der Waals surface area contributed by atoms with Crippen LogP contribution in [0.3, 0.4) is 0 Å². The highest BCUT2D eigenvalue weighted by molar-refractivity contribution is 6.22. The molecule has 0 bridgehead atoms. The molecule has 6 N–H and O–H groups in total. The topological polar surface area (TPSA) is 183 Å². The number of aromatic hydroxyl groups is 1. The van der Waals surface area contributed by atoms with Crippen molar-refractivity contribution in [2.24, 2.45) is 23.5 Å². The van der Waals surface area contributed by atoms with Crippen molar-refractivity contribution in [3.8, 4) is 11.5 Å². The maximum absolute atomic E-state index is 14.1. The standard InChI is InChI=1S/C31H34N4O8/c1-34(2)19-12-15(13-33-31(42)43-16-8-6-5-7-9-16)25(36)21-17(19)10-14-11-18-22(27(38)20(14)26(21)37)28(39)23(30(32)41)29(40)24(18)35(3)4/h5-9,12,14,18,22,24,36,38,40H,10-11,13H2,1-4H3,(H2,32,41)(H,33,42). The highest BCUT2D eigenvalue weighted by Gasteiger charge is 2.54. The number of allylic oxidation sites excluding steroid dienone is 2. The number of amides is 2. The van der Waals surface area contributed by atoms with E-state index < -0.39 is 64.5 Å². The summed E-state index contributed by atoms with van der Waals surface area (Å²) in [7, 11) is 6.93. The van der Waals surface area contributed by atoms with Crippen LogP contribution in [0.2, 0.25) is 0 Å². The SMILES string of the molecule is CN(C)c1cc(CNC(=O)Oc2ccccc2)c(O)c2c1CC1CC3C(C(=O)C(C(N)=O)=C(O)C3N(C)C)C(O)=C1C2=O.